The molecule has 0 saturated heterocycles. The summed E-state index contributed by atoms with van der Waals surface area (Å²) in [4.78, 5) is 11.5. The molecule has 0 unspecified atom stereocenters. The second-order valence-electron chi connectivity index (χ2n) is 6.23. The van der Waals surface area contributed by atoms with Crippen LogP contribution in [0.5, 0.6) is 0 Å². The van der Waals surface area contributed by atoms with Crippen LogP contribution in [0.25, 0.3) is 0 Å². The van der Waals surface area contributed by atoms with Crippen molar-refractivity contribution in [1.29, 1.82) is 0 Å². The summed E-state index contributed by atoms with van der Waals surface area (Å²) < 4.78 is 0. The Hall–Kier alpha value is -1.39. The van der Waals surface area contributed by atoms with Gasteiger partial charge >= 0.3 is 0 Å². The normalized spacial score (nSPS) is 15.7. The van der Waals surface area contributed by atoms with Gasteiger partial charge in [-0.25, -0.2) is 0 Å². The number of amides is 1. The number of nitrogens with two attached hydrogens (primary N) is 2. The highest BCUT2D eigenvalue weighted by Gasteiger charge is 2.24. The van der Waals surface area contributed by atoms with E-state index in [2.05, 4.69) is 13.8 Å². The molecule has 118 valence electrons. The van der Waals surface area contributed by atoms with Gasteiger partial charge in [-0.15, -0.1) is 0 Å². The zero-order valence-electron chi connectivity index (χ0n) is 13.0. The Morgan fingerprint density at radius 3 is 2.33 bits per heavy atom. The number of hydrogen-bond donors (Lipinski definition) is 3. The van der Waals surface area contributed by atoms with Crippen LogP contribution in [0.3, 0.4) is 0 Å². The Balaban J connectivity index is 2.51. The van der Waals surface area contributed by atoms with E-state index in [-0.39, 0.29) is 17.9 Å². The van der Waals surface area contributed by atoms with Crippen molar-refractivity contribution in [2.24, 2.45) is 23.3 Å². The molecular weight excluding hydrogens is 264 g/mol. The Morgan fingerprint density at radius 1 is 1.19 bits per heavy atom. The van der Waals surface area contributed by atoms with Crippen LogP contribution in [0.4, 0.5) is 0 Å². The van der Waals surface area contributed by atoms with Gasteiger partial charge in [-0.2, -0.15) is 0 Å². The zero-order valence-corrected chi connectivity index (χ0v) is 13.0. The molecule has 1 aromatic rings. The van der Waals surface area contributed by atoms with Crippen molar-refractivity contribution in [3.8, 4) is 0 Å². The predicted molar refractivity (Wildman–Crippen MR) is 85.5 cm³/mol. The molecule has 0 aromatic heterocycles. The van der Waals surface area contributed by atoms with Crippen molar-refractivity contribution in [3.63, 3.8) is 0 Å². The Labute approximate surface area is 127 Å². The maximum atomic E-state index is 11.5. The summed E-state index contributed by atoms with van der Waals surface area (Å²) in [5.41, 5.74) is 12.6. The third-order valence-electron chi connectivity index (χ3n) is 3.83. The van der Waals surface area contributed by atoms with Gasteiger partial charge in [0.2, 0.25) is 5.91 Å². The Bertz CT molecular complexity index is 420. The van der Waals surface area contributed by atoms with Gasteiger partial charge in [0.1, 0.15) is 0 Å². The molecule has 5 N–H and O–H groups in total. The standard InChI is InChI=1S/C17H28N2O2/c1-12(2)8-9-14(17(19)21)11-16(20)15(18)10-13-6-4-3-5-7-13/h3-7,12,14-16,20H,8-11,18H2,1-2H3,(H2,19,21)/t14-,15+,16+/m1/s1. The minimum atomic E-state index is -0.713. The van der Waals surface area contributed by atoms with Crippen molar-refractivity contribution < 1.29 is 9.90 Å². The van der Waals surface area contributed by atoms with Gasteiger partial charge in [0.15, 0.2) is 0 Å². The second-order valence-corrected chi connectivity index (χ2v) is 6.23. The summed E-state index contributed by atoms with van der Waals surface area (Å²) in [6, 6.07) is 9.43. The summed E-state index contributed by atoms with van der Waals surface area (Å²) >= 11 is 0. The molecule has 0 aliphatic rings. The smallest absolute Gasteiger partial charge is 0.220 e. The molecule has 0 radical (unpaired) electrons. The lowest BCUT2D eigenvalue weighted by molar-refractivity contribution is -0.123. The van der Waals surface area contributed by atoms with Crippen molar-refractivity contribution in [3.05, 3.63) is 35.9 Å². The van der Waals surface area contributed by atoms with Crippen LogP contribution in [-0.4, -0.2) is 23.2 Å². The van der Waals surface area contributed by atoms with E-state index in [0.717, 1.165) is 12.0 Å². The van der Waals surface area contributed by atoms with Crippen molar-refractivity contribution in [2.45, 2.75) is 51.7 Å². The first-order valence-electron chi connectivity index (χ1n) is 7.67. The molecule has 0 saturated carbocycles. The van der Waals surface area contributed by atoms with Gasteiger partial charge in [-0.05, 0) is 30.7 Å². The molecule has 0 heterocycles. The van der Waals surface area contributed by atoms with Crippen LogP contribution in [0, 0.1) is 11.8 Å². The summed E-state index contributed by atoms with van der Waals surface area (Å²) in [6.07, 6.45) is 1.86. The number of benzene rings is 1. The maximum Gasteiger partial charge on any atom is 0.220 e. The highest BCUT2D eigenvalue weighted by Crippen LogP contribution is 2.19. The Morgan fingerprint density at radius 2 is 1.81 bits per heavy atom. The largest absolute Gasteiger partial charge is 0.391 e. The minimum Gasteiger partial charge on any atom is -0.391 e. The van der Waals surface area contributed by atoms with Crippen LogP contribution >= 0.6 is 0 Å². The van der Waals surface area contributed by atoms with E-state index in [9.17, 15) is 9.90 Å². The van der Waals surface area contributed by atoms with Crippen LogP contribution in [0.2, 0.25) is 0 Å². The van der Waals surface area contributed by atoms with Gasteiger partial charge in [0.25, 0.3) is 0 Å². The number of rotatable bonds is 9. The molecule has 1 amide bonds. The number of carbonyl (C=O) groups is 1. The first kappa shape index (κ1) is 17.7. The van der Waals surface area contributed by atoms with Gasteiger partial charge in [0, 0.05) is 12.0 Å². The number of aliphatic hydroxyl groups excluding tert-OH is 1. The highest BCUT2D eigenvalue weighted by molar-refractivity contribution is 5.76. The minimum absolute atomic E-state index is 0.302. The van der Waals surface area contributed by atoms with E-state index in [1.807, 2.05) is 30.3 Å². The van der Waals surface area contributed by atoms with Crippen molar-refractivity contribution in [2.75, 3.05) is 0 Å². The lowest BCUT2D eigenvalue weighted by Crippen LogP contribution is -2.40. The fourth-order valence-corrected chi connectivity index (χ4v) is 2.40. The fourth-order valence-electron chi connectivity index (χ4n) is 2.40. The molecule has 21 heavy (non-hydrogen) atoms. The maximum absolute atomic E-state index is 11.5. The average Bonchev–Trinajstić information content (AvgIpc) is 2.43. The van der Waals surface area contributed by atoms with E-state index < -0.39 is 6.10 Å². The third kappa shape index (κ3) is 6.74. The molecule has 1 rings (SSSR count). The summed E-state index contributed by atoms with van der Waals surface area (Å²) in [7, 11) is 0. The molecule has 4 heteroatoms. The molecule has 0 spiro atoms. The first-order chi connectivity index (χ1) is 9.90. The molecule has 0 aliphatic carbocycles. The molecule has 0 fully saturated rings. The predicted octanol–water partition coefficient (Wildman–Crippen LogP) is 1.85. The van der Waals surface area contributed by atoms with Gasteiger partial charge < -0.3 is 16.6 Å². The second kappa shape index (κ2) is 8.80. The van der Waals surface area contributed by atoms with E-state index in [1.165, 1.54) is 0 Å². The number of hydrogen-bond acceptors (Lipinski definition) is 3. The van der Waals surface area contributed by atoms with E-state index in [1.54, 1.807) is 0 Å². The van der Waals surface area contributed by atoms with Crippen LogP contribution < -0.4 is 11.5 Å². The van der Waals surface area contributed by atoms with Gasteiger partial charge in [-0.3, -0.25) is 4.79 Å². The number of aliphatic hydroxyl groups is 1. The van der Waals surface area contributed by atoms with Crippen LogP contribution in [0.1, 0.15) is 38.7 Å². The van der Waals surface area contributed by atoms with E-state index >= 15 is 0 Å². The summed E-state index contributed by atoms with van der Waals surface area (Å²) in [6.45, 7) is 4.21. The lowest BCUT2D eigenvalue weighted by atomic mass is 9.89. The molecule has 0 bridgehead atoms. The van der Waals surface area contributed by atoms with Gasteiger partial charge in [-0.1, -0.05) is 50.6 Å². The average molecular weight is 292 g/mol. The van der Waals surface area contributed by atoms with Crippen molar-refractivity contribution in [1.82, 2.24) is 0 Å². The number of primary amides is 1. The van der Waals surface area contributed by atoms with E-state index in [0.29, 0.717) is 25.2 Å². The Kier molecular flexibility index (Phi) is 7.40. The first-order valence-corrected chi connectivity index (χ1v) is 7.67. The molecule has 4 nitrogen and oxygen atoms in total. The molecule has 3 atom stereocenters. The summed E-state index contributed by atoms with van der Waals surface area (Å²) in [5.74, 6) is -0.132. The quantitative estimate of drug-likeness (QED) is 0.649. The van der Waals surface area contributed by atoms with Crippen molar-refractivity contribution >= 4 is 5.91 Å². The summed E-state index contributed by atoms with van der Waals surface area (Å²) in [5, 5.41) is 10.2. The number of carbonyl (C=O) groups excluding carboxylic acids is 1. The van der Waals surface area contributed by atoms with Crippen LogP contribution in [-0.2, 0) is 11.2 Å². The monoisotopic (exact) mass is 292 g/mol. The molecule has 1 aromatic carbocycles. The van der Waals surface area contributed by atoms with E-state index in [4.69, 9.17) is 11.5 Å². The van der Waals surface area contributed by atoms with Crippen LogP contribution in [0.15, 0.2) is 30.3 Å². The molecular formula is C17H28N2O2. The lowest BCUT2D eigenvalue weighted by Gasteiger charge is -2.23. The van der Waals surface area contributed by atoms with Gasteiger partial charge in [0.05, 0.1) is 6.10 Å². The topological polar surface area (TPSA) is 89.3 Å². The zero-order chi connectivity index (χ0) is 15.8. The third-order valence-corrected chi connectivity index (χ3v) is 3.83. The molecule has 0 aliphatic heterocycles. The fraction of sp³-hybridized carbons (Fsp3) is 0.588. The SMILES string of the molecule is CC(C)CC[C@H](C[C@H](O)[C@@H](N)Cc1ccccc1)C(N)=O. The highest BCUT2D eigenvalue weighted by atomic mass is 16.3.